The first-order valence-electron chi connectivity index (χ1n) is 18.6. The minimum Gasteiger partial charge on any atom is -0.488 e. The molecule has 0 spiro atoms. The zero-order valence-corrected chi connectivity index (χ0v) is 31.1. The van der Waals surface area contributed by atoms with Crippen LogP contribution in [-0.4, -0.2) is 111 Å². The van der Waals surface area contributed by atoms with Crippen molar-refractivity contribution < 1.29 is 41.1 Å². The van der Waals surface area contributed by atoms with Crippen molar-refractivity contribution in [2.75, 3.05) is 64.0 Å². The lowest BCUT2D eigenvalue weighted by Gasteiger charge is -2.37. The zero-order valence-electron chi connectivity index (χ0n) is 30.3. The van der Waals surface area contributed by atoms with E-state index >= 15 is 4.39 Å². The topological polar surface area (TPSA) is 139 Å². The number of sulfone groups is 1. The first-order valence-corrected chi connectivity index (χ1v) is 20.4. The summed E-state index contributed by atoms with van der Waals surface area (Å²) >= 11 is 0. The number of rotatable bonds is 3. The van der Waals surface area contributed by atoms with Crippen LogP contribution in [0.15, 0.2) is 40.8 Å². The quantitative estimate of drug-likeness (QED) is 0.414. The Morgan fingerprint density at radius 3 is 2.40 bits per heavy atom. The van der Waals surface area contributed by atoms with Gasteiger partial charge in [0.1, 0.15) is 30.6 Å². The Morgan fingerprint density at radius 2 is 1.66 bits per heavy atom. The summed E-state index contributed by atoms with van der Waals surface area (Å²) in [6, 6.07) is 9.84. The molecule has 3 amide bonds. The molecule has 2 fully saturated rings. The van der Waals surface area contributed by atoms with Gasteiger partial charge in [0.2, 0.25) is 5.91 Å². The Labute approximate surface area is 309 Å². The molecule has 0 radical (unpaired) electrons. The van der Waals surface area contributed by atoms with Crippen molar-refractivity contribution in [1.29, 1.82) is 0 Å². The largest absolute Gasteiger partial charge is 0.488 e. The lowest BCUT2D eigenvalue weighted by atomic mass is 9.94. The second kappa shape index (κ2) is 15.5. The van der Waals surface area contributed by atoms with E-state index in [4.69, 9.17) is 13.9 Å². The number of aryl methyl sites for hydroxylation is 2. The van der Waals surface area contributed by atoms with E-state index in [0.717, 1.165) is 0 Å². The van der Waals surface area contributed by atoms with Gasteiger partial charge in [-0.25, -0.2) is 12.8 Å². The predicted octanol–water partition coefficient (Wildman–Crippen LogP) is 4.37. The van der Waals surface area contributed by atoms with Gasteiger partial charge in [0, 0.05) is 37.2 Å². The summed E-state index contributed by atoms with van der Waals surface area (Å²) in [6.45, 7) is 6.98. The average molecular weight is 751 g/mol. The maximum atomic E-state index is 15.0. The molecular formula is C39H47FN4O8S. The SMILES string of the molecule is Cc1cc(C(=O)N2CCOc3c(cc4cc3OCCN(C(=O)C3CCN(C5CCS(=O)(=O)C5)CC3)CCCCNC(=O)c3cc-4ccc3F)C2)c(C)o1. The van der Waals surface area contributed by atoms with Gasteiger partial charge in [0.05, 0.1) is 35.7 Å². The molecule has 1 aromatic heterocycles. The summed E-state index contributed by atoms with van der Waals surface area (Å²) in [4.78, 5) is 46.6. The van der Waals surface area contributed by atoms with E-state index in [1.54, 1.807) is 36.9 Å². The fourth-order valence-electron chi connectivity index (χ4n) is 7.98. The number of benzene rings is 2. The van der Waals surface area contributed by atoms with Crippen LogP contribution in [0.1, 0.15) is 69.9 Å². The van der Waals surface area contributed by atoms with Crippen LogP contribution in [0, 0.1) is 25.6 Å². The minimum absolute atomic E-state index is 0.0231. The third-order valence-corrected chi connectivity index (χ3v) is 12.6. The van der Waals surface area contributed by atoms with Gasteiger partial charge in [-0.2, -0.15) is 0 Å². The number of ether oxygens (including phenoxy) is 2. The average Bonchev–Trinajstić information content (AvgIpc) is 3.59. The van der Waals surface area contributed by atoms with Crippen molar-refractivity contribution in [3.05, 3.63) is 70.4 Å². The van der Waals surface area contributed by atoms with Gasteiger partial charge < -0.3 is 29.0 Å². The van der Waals surface area contributed by atoms with Gasteiger partial charge >= 0.3 is 0 Å². The molecule has 3 aromatic rings. The molecule has 5 heterocycles. The number of carbonyl (C=O) groups is 3. The number of likely N-dealkylation sites (tertiary alicyclic amines) is 1. The monoisotopic (exact) mass is 750 g/mol. The Bertz CT molecular complexity index is 1990. The minimum atomic E-state index is -2.99. The highest BCUT2D eigenvalue weighted by molar-refractivity contribution is 7.91. The molecule has 7 rings (SSSR count). The van der Waals surface area contributed by atoms with E-state index in [2.05, 4.69) is 10.2 Å². The number of nitrogens with one attached hydrogen (secondary N) is 1. The summed E-state index contributed by atoms with van der Waals surface area (Å²) in [5, 5.41) is 2.84. The Hall–Kier alpha value is -4.43. The van der Waals surface area contributed by atoms with Gasteiger partial charge in [-0.15, -0.1) is 0 Å². The standard InChI is InChI=1S/C39H47FN4O8S/c1-25-19-32(26(2)52-25)39(47)44-15-17-51-36-30(23-44)20-29-22-35(36)50-16-14-43(11-4-3-10-41-37(45)33-21-28(29)5-6-34(33)40)38(46)27-7-12-42(13-8-27)31-9-18-53(48,49)24-31/h5-6,19-22,27,31H,3-4,7-18,23-24H2,1-2H3,(H,41,45). The summed E-state index contributed by atoms with van der Waals surface area (Å²) in [5.74, 6) is 1.02. The first-order chi connectivity index (χ1) is 25.5. The van der Waals surface area contributed by atoms with Crippen molar-refractivity contribution in [1.82, 2.24) is 20.0 Å². The summed E-state index contributed by atoms with van der Waals surface area (Å²) < 4.78 is 57.5. The van der Waals surface area contributed by atoms with Crippen molar-refractivity contribution in [2.24, 2.45) is 5.92 Å². The van der Waals surface area contributed by atoms with Crippen LogP contribution in [0.5, 0.6) is 11.5 Å². The molecule has 4 bridgehead atoms. The van der Waals surface area contributed by atoms with Crippen LogP contribution < -0.4 is 14.8 Å². The molecule has 12 nitrogen and oxygen atoms in total. The first kappa shape index (κ1) is 36.9. The van der Waals surface area contributed by atoms with Crippen molar-refractivity contribution >= 4 is 27.6 Å². The number of carbonyl (C=O) groups excluding carboxylic acids is 3. The van der Waals surface area contributed by atoms with Gasteiger partial charge in [-0.05, 0) is 100 Å². The number of amides is 3. The van der Waals surface area contributed by atoms with E-state index in [9.17, 15) is 22.8 Å². The molecule has 2 aromatic carbocycles. The molecule has 1 atom stereocenters. The Balaban J connectivity index is 1.14. The van der Waals surface area contributed by atoms with Crippen molar-refractivity contribution in [3.63, 3.8) is 0 Å². The number of nitrogens with zero attached hydrogens (tertiary/aromatic N) is 3. The van der Waals surface area contributed by atoms with E-state index < -0.39 is 21.6 Å². The highest BCUT2D eigenvalue weighted by atomic mass is 32.2. The maximum absolute atomic E-state index is 15.0. The van der Waals surface area contributed by atoms with Crippen LogP contribution >= 0.6 is 0 Å². The molecule has 284 valence electrons. The molecule has 4 aliphatic heterocycles. The van der Waals surface area contributed by atoms with Gasteiger partial charge in [-0.1, -0.05) is 6.07 Å². The van der Waals surface area contributed by atoms with Crippen LogP contribution in [0.3, 0.4) is 0 Å². The lowest BCUT2D eigenvalue weighted by molar-refractivity contribution is -0.137. The number of piperidine rings is 1. The molecule has 1 unspecified atom stereocenters. The maximum Gasteiger partial charge on any atom is 0.257 e. The van der Waals surface area contributed by atoms with E-state index in [0.29, 0.717) is 117 Å². The zero-order chi connectivity index (χ0) is 37.3. The van der Waals surface area contributed by atoms with Crippen LogP contribution in [0.4, 0.5) is 4.39 Å². The number of hydrogen-bond acceptors (Lipinski definition) is 9. The van der Waals surface area contributed by atoms with Crippen LogP contribution in [-0.2, 0) is 21.2 Å². The van der Waals surface area contributed by atoms with Gasteiger partial charge in [0.25, 0.3) is 11.8 Å². The van der Waals surface area contributed by atoms with E-state index in [1.165, 1.54) is 12.1 Å². The van der Waals surface area contributed by atoms with E-state index in [1.807, 2.05) is 11.0 Å². The summed E-state index contributed by atoms with van der Waals surface area (Å²) in [5.41, 5.74) is 2.34. The molecule has 4 aliphatic rings. The second-order valence-electron chi connectivity index (χ2n) is 14.6. The normalized spacial score (nSPS) is 21.6. The molecule has 53 heavy (non-hydrogen) atoms. The molecule has 14 heteroatoms. The number of hydrogen-bond donors (Lipinski definition) is 1. The van der Waals surface area contributed by atoms with Crippen LogP contribution in [0.2, 0.25) is 0 Å². The van der Waals surface area contributed by atoms with Crippen molar-refractivity contribution in [2.45, 2.75) is 58.5 Å². The van der Waals surface area contributed by atoms with Gasteiger partial charge in [0.15, 0.2) is 21.3 Å². The number of furan rings is 1. The molecule has 2 saturated heterocycles. The highest BCUT2D eigenvalue weighted by Crippen LogP contribution is 2.39. The summed E-state index contributed by atoms with van der Waals surface area (Å²) in [6.07, 6.45) is 3.18. The van der Waals surface area contributed by atoms with Crippen LogP contribution in [0.25, 0.3) is 11.1 Å². The van der Waals surface area contributed by atoms with E-state index in [-0.39, 0.29) is 60.6 Å². The highest BCUT2D eigenvalue weighted by Gasteiger charge is 2.36. The fourth-order valence-corrected chi connectivity index (χ4v) is 9.74. The lowest BCUT2D eigenvalue weighted by Crippen LogP contribution is -2.47. The van der Waals surface area contributed by atoms with Gasteiger partial charge in [-0.3, -0.25) is 19.3 Å². The smallest absolute Gasteiger partial charge is 0.257 e. The third-order valence-electron chi connectivity index (χ3n) is 10.9. The Kier molecular flexibility index (Phi) is 10.8. The molecular weight excluding hydrogens is 704 g/mol. The second-order valence-corrected chi connectivity index (χ2v) is 16.8. The summed E-state index contributed by atoms with van der Waals surface area (Å²) in [7, 11) is -2.99. The van der Waals surface area contributed by atoms with Crippen molar-refractivity contribution in [3.8, 4) is 22.6 Å². The Morgan fingerprint density at radius 1 is 0.887 bits per heavy atom. The molecule has 1 N–H and O–H groups in total. The third kappa shape index (κ3) is 8.23. The fraction of sp³-hybridized carbons (Fsp3) is 0.513. The predicted molar refractivity (Wildman–Crippen MR) is 195 cm³/mol. The molecule has 0 aliphatic carbocycles. The number of fused-ring (bicyclic) bond motifs is 7. The number of halogens is 1. The molecule has 0 saturated carbocycles.